The second-order valence-electron chi connectivity index (χ2n) is 4.55. The zero-order valence-electron chi connectivity index (χ0n) is 9.69. The Balaban J connectivity index is 1.84. The maximum atomic E-state index is 11.7. The van der Waals surface area contributed by atoms with Gasteiger partial charge in [0.2, 0.25) is 5.91 Å². The van der Waals surface area contributed by atoms with Crippen molar-refractivity contribution in [3.63, 3.8) is 0 Å². The van der Waals surface area contributed by atoms with Gasteiger partial charge in [-0.15, -0.1) is 0 Å². The lowest BCUT2D eigenvalue weighted by molar-refractivity contribution is -0.117. The average molecular weight is 235 g/mol. The van der Waals surface area contributed by atoms with E-state index in [9.17, 15) is 4.79 Å². The predicted octanol–water partition coefficient (Wildman–Crippen LogP) is 1.69. The highest BCUT2D eigenvalue weighted by atomic mass is 16.5. The quantitative estimate of drug-likeness (QED) is 0.781. The molecule has 92 valence electrons. The maximum absolute atomic E-state index is 11.7. The second kappa shape index (κ2) is 5.14. The summed E-state index contributed by atoms with van der Waals surface area (Å²) >= 11 is 0. The molecular formula is C12H17N3O2. The Morgan fingerprint density at radius 3 is 3.18 bits per heavy atom. The maximum Gasteiger partial charge on any atom is 0.225 e. The van der Waals surface area contributed by atoms with Gasteiger partial charge >= 0.3 is 0 Å². The van der Waals surface area contributed by atoms with Crippen LogP contribution in [0, 0.1) is 5.92 Å². The summed E-state index contributed by atoms with van der Waals surface area (Å²) in [6.07, 6.45) is 4.58. The Bertz CT molecular complexity index is 400. The predicted molar refractivity (Wildman–Crippen MR) is 64.2 cm³/mol. The summed E-state index contributed by atoms with van der Waals surface area (Å²) in [5.41, 5.74) is 7.20. The van der Waals surface area contributed by atoms with Crippen LogP contribution < -0.4 is 11.1 Å². The highest BCUT2D eigenvalue weighted by Gasteiger charge is 2.25. The van der Waals surface area contributed by atoms with E-state index in [-0.39, 0.29) is 17.9 Å². The molecule has 1 aromatic heterocycles. The number of hydrogen-bond acceptors (Lipinski definition) is 4. The van der Waals surface area contributed by atoms with Crippen molar-refractivity contribution in [2.45, 2.75) is 31.7 Å². The van der Waals surface area contributed by atoms with Crippen molar-refractivity contribution in [1.29, 1.82) is 0 Å². The molecule has 5 heteroatoms. The van der Waals surface area contributed by atoms with E-state index in [0.29, 0.717) is 12.2 Å². The van der Waals surface area contributed by atoms with Crippen LogP contribution in [-0.4, -0.2) is 17.1 Å². The SMILES string of the molecule is C=C1CCC(CC(=O)Nc2ccon2)C(N)C1. The molecule has 2 unspecified atom stereocenters. The van der Waals surface area contributed by atoms with Crippen molar-refractivity contribution in [2.75, 3.05) is 5.32 Å². The van der Waals surface area contributed by atoms with Crippen LogP contribution in [0.15, 0.2) is 29.0 Å². The van der Waals surface area contributed by atoms with Crippen LogP contribution in [0.25, 0.3) is 0 Å². The number of carbonyl (C=O) groups excluding carboxylic acids is 1. The number of hydrogen-bond donors (Lipinski definition) is 2. The number of aromatic nitrogens is 1. The largest absolute Gasteiger partial charge is 0.363 e. The number of nitrogens with one attached hydrogen (secondary N) is 1. The molecule has 0 aromatic carbocycles. The van der Waals surface area contributed by atoms with Gasteiger partial charge in [0, 0.05) is 18.5 Å². The first-order chi connectivity index (χ1) is 8.15. The van der Waals surface area contributed by atoms with E-state index in [2.05, 4.69) is 21.6 Å². The molecule has 0 aliphatic heterocycles. The van der Waals surface area contributed by atoms with Gasteiger partial charge in [-0.1, -0.05) is 17.3 Å². The van der Waals surface area contributed by atoms with Gasteiger partial charge in [0.25, 0.3) is 0 Å². The van der Waals surface area contributed by atoms with E-state index in [4.69, 9.17) is 5.73 Å². The molecule has 1 heterocycles. The van der Waals surface area contributed by atoms with Gasteiger partial charge in [-0.05, 0) is 25.2 Å². The summed E-state index contributed by atoms with van der Waals surface area (Å²) in [5, 5.41) is 6.31. The van der Waals surface area contributed by atoms with Crippen LogP contribution in [0.1, 0.15) is 25.7 Å². The summed E-state index contributed by atoms with van der Waals surface area (Å²) in [4.78, 5) is 11.7. The summed E-state index contributed by atoms with van der Waals surface area (Å²) in [6.45, 7) is 3.94. The Labute approximate surface area is 100 Å². The minimum absolute atomic E-state index is 0.0410. The fraction of sp³-hybridized carbons (Fsp3) is 0.500. The van der Waals surface area contributed by atoms with Crippen molar-refractivity contribution in [2.24, 2.45) is 11.7 Å². The molecule has 5 nitrogen and oxygen atoms in total. The molecule has 3 N–H and O–H groups in total. The Morgan fingerprint density at radius 1 is 1.71 bits per heavy atom. The van der Waals surface area contributed by atoms with Crippen LogP contribution in [0.5, 0.6) is 0 Å². The third kappa shape index (κ3) is 3.17. The lowest BCUT2D eigenvalue weighted by Gasteiger charge is -2.29. The highest BCUT2D eigenvalue weighted by molar-refractivity contribution is 5.89. The van der Waals surface area contributed by atoms with Crippen LogP contribution in [0.2, 0.25) is 0 Å². The number of amides is 1. The zero-order chi connectivity index (χ0) is 12.3. The molecule has 1 amide bonds. The van der Waals surface area contributed by atoms with Crippen molar-refractivity contribution < 1.29 is 9.32 Å². The molecule has 1 saturated carbocycles. The third-order valence-electron chi connectivity index (χ3n) is 3.15. The first-order valence-electron chi connectivity index (χ1n) is 5.77. The van der Waals surface area contributed by atoms with Crippen LogP contribution in [0.3, 0.4) is 0 Å². The fourth-order valence-electron chi connectivity index (χ4n) is 2.17. The lowest BCUT2D eigenvalue weighted by atomic mass is 9.81. The molecule has 0 spiro atoms. The molecule has 0 bridgehead atoms. The minimum atomic E-state index is -0.0631. The first-order valence-corrected chi connectivity index (χ1v) is 5.77. The molecule has 1 aliphatic rings. The highest BCUT2D eigenvalue weighted by Crippen LogP contribution is 2.28. The Kier molecular flexibility index (Phi) is 3.58. The van der Waals surface area contributed by atoms with Gasteiger partial charge in [0.05, 0.1) is 0 Å². The number of anilines is 1. The number of carbonyl (C=O) groups is 1. The summed E-state index contributed by atoms with van der Waals surface area (Å²) in [6, 6.07) is 1.65. The zero-order valence-corrected chi connectivity index (χ0v) is 9.69. The smallest absolute Gasteiger partial charge is 0.225 e. The van der Waals surface area contributed by atoms with E-state index < -0.39 is 0 Å². The van der Waals surface area contributed by atoms with Gasteiger partial charge in [0.1, 0.15) is 6.26 Å². The molecule has 17 heavy (non-hydrogen) atoms. The third-order valence-corrected chi connectivity index (χ3v) is 3.15. The van der Waals surface area contributed by atoms with Gasteiger partial charge < -0.3 is 15.6 Å². The normalized spacial score (nSPS) is 24.6. The molecule has 1 fully saturated rings. The van der Waals surface area contributed by atoms with E-state index in [1.54, 1.807) is 6.07 Å². The Hall–Kier alpha value is -1.62. The average Bonchev–Trinajstić information content (AvgIpc) is 2.75. The molecular weight excluding hydrogens is 218 g/mol. The van der Waals surface area contributed by atoms with Crippen LogP contribution >= 0.6 is 0 Å². The number of nitrogens with two attached hydrogens (primary N) is 1. The van der Waals surface area contributed by atoms with Crippen LogP contribution in [0.4, 0.5) is 5.82 Å². The standard InChI is InChI=1S/C12H17N3O2/c1-8-2-3-9(10(13)6-8)7-12(16)14-11-4-5-17-15-11/h4-5,9-10H,1-3,6-7,13H2,(H,14,15,16). The van der Waals surface area contributed by atoms with Gasteiger partial charge in [-0.2, -0.15) is 0 Å². The Morgan fingerprint density at radius 2 is 2.53 bits per heavy atom. The lowest BCUT2D eigenvalue weighted by Crippen LogP contribution is -2.36. The number of nitrogens with zero attached hydrogens (tertiary/aromatic N) is 1. The van der Waals surface area contributed by atoms with Crippen molar-refractivity contribution in [3.05, 3.63) is 24.5 Å². The summed E-state index contributed by atoms with van der Waals surface area (Å²) in [5.74, 6) is 0.614. The molecule has 0 saturated heterocycles. The molecule has 0 radical (unpaired) electrons. The first kappa shape index (κ1) is 11.9. The minimum Gasteiger partial charge on any atom is -0.363 e. The fourth-order valence-corrected chi connectivity index (χ4v) is 2.17. The van der Waals surface area contributed by atoms with E-state index in [1.165, 1.54) is 11.8 Å². The van der Waals surface area contributed by atoms with Gasteiger partial charge in [-0.25, -0.2) is 0 Å². The van der Waals surface area contributed by atoms with Gasteiger partial charge in [0.15, 0.2) is 5.82 Å². The molecule has 2 atom stereocenters. The van der Waals surface area contributed by atoms with Crippen LogP contribution in [-0.2, 0) is 4.79 Å². The second-order valence-corrected chi connectivity index (χ2v) is 4.55. The molecule has 1 aromatic rings. The van der Waals surface area contributed by atoms with E-state index >= 15 is 0 Å². The van der Waals surface area contributed by atoms with Gasteiger partial charge in [-0.3, -0.25) is 4.79 Å². The van der Waals surface area contributed by atoms with Crippen molar-refractivity contribution in [3.8, 4) is 0 Å². The monoisotopic (exact) mass is 235 g/mol. The molecule has 1 aliphatic carbocycles. The van der Waals surface area contributed by atoms with E-state index in [1.807, 2.05) is 0 Å². The number of rotatable bonds is 3. The topological polar surface area (TPSA) is 81.2 Å². The summed E-state index contributed by atoms with van der Waals surface area (Å²) in [7, 11) is 0. The summed E-state index contributed by atoms with van der Waals surface area (Å²) < 4.78 is 4.64. The van der Waals surface area contributed by atoms with E-state index in [0.717, 1.165) is 19.3 Å². The molecule has 2 rings (SSSR count). The van der Waals surface area contributed by atoms with Crippen molar-refractivity contribution >= 4 is 11.7 Å². The van der Waals surface area contributed by atoms with Crippen molar-refractivity contribution in [1.82, 2.24) is 5.16 Å².